The molecule has 1 fully saturated rings. The quantitative estimate of drug-likeness (QED) is 0.704. The fraction of sp³-hybridized carbons (Fsp3) is 0.458. The van der Waals surface area contributed by atoms with Crippen molar-refractivity contribution in [2.24, 2.45) is 0 Å². The topological polar surface area (TPSA) is 75.7 Å². The lowest BCUT2D eigenvalue weighted by atomic mass is 9.87. The minimum atomic E-state index is -3.42. The highest BCUT2D eigenvalue weighted by atomic mass is 32.2. The molecule has 1 unspecified atom stereocenters. The second-order valence-electron chi connectivity index (χ2n) is 9.01. The molecule has 0 radical (unpaired) electrons. The average molecular weight is 445 g/mol. The Morgan fingerprint density at radius 1 is 1.10 bits per heavy atom. The summed E-state index contributed by atoms with van der Waals surface area (Å²) in [6.45, 7) is 9.56. The molecule has 1 amide bonds. The molecule has 2 aromatic rings. The molecule has 1 N–H and O–H groups in total. The normalized spacial score (nSPS) is 16.1. The molecule has 1 saturated heterocycles. The van der Waals surface area contributed by atoms with E-state index in [1.54, 1.807) is 31.2 Å². The summed E-state index contributed by atoms with van der Waals surface area (Å²) in [5.41, 5.74) is 1.97. The highest BCUT2D eigenvalue weighted by Gasteiger charge is 2.27. The van der Waals surface area contributed by atoms with Gasteiger partial charge in [0.25, 0.3) is 5.91 Å². The summed E-state index contributed by atoms with van der Waals surface area (Å²) in [4.78, 5) is 12.8. The molecular formula is C24H32N2O4S. The molecule has 0 saturated carbocycles. The van der Waals surface area contributed by atoms with Crippen molar-refractivity contribution in [1.82, 2.24) is 9.62 Å². The summed E-state index contributed by atoms with van der Waals surface area (Å²) >= 11 is 0. The molecule has 0 spiro atoms. The number of amides is 1. The largest absolute Gasteiger partial charge is 0.481 e. The molecule has 1 aliphatic rings. The van der Waals surface area contributed by atoms with Crippen molar-refractivity contribution in [1.29, 1.82) is 0 Å². The minimum Gasteiger partial charge on any atom is -0.481 e. The number of hydrogen-bond donors (Lipinski definition) is 1. The van der Waals surface area contributed by atoms with Crippen LogP contribution in [0.2, 0.25) is 0 Å². The second-order valence-corrected chi connectivity index (χ2v) is 10.9. The predicted octanol–water partition coefficient (Wildman–Crippen LogP) is 3.85. The van der Waals surface area contributed by atoms with Gasteiger partial charge in [-0.1, -0.05) is 45.0 Å². The van der Waals surface area contributed by atoms with Crippen LogP contribution in [-0.4, -0.2) is 37.8 Å². The number of hydrogen-bond acceptors (Lipinski definition) is 4. The van der Waals surface area contributed by atoms with E-state index in [0.29, 0.717) is 30.3 Å². The lowest BCUT2D eigenvalue weighted by Gasteiger charge is -2.21. The number of benzene rings is 2. The Morgan fingerprint density at radius 3 is 2.35 bits per heavy atom. The summed E-state index contributed by atoms with van der Waals surface area (Å²) in [5, 5.41) is 2.85. The van der Waals surface area contributed by atoms with Crippen LogP contribution in [0.3, 0.4) is 0 Å². The third kappa shape index (κ3) is 5.86. The lowest BCUT2D eigenvalue weighted by Crippen LogP contribution is -2.36. The van der Waals surface area contributed by atoms with Gasteiger partial charge in [-0.05, 0) is 60.6 Å². The Kier molecular flexibility index (Phi) is 7.06. The zero-order valence-corrected chi connectivity index (χ0v) is 19.5. The van der Waals surface area contributed by atoms with Crippen LogP contribution in [0.25, 0.3) is 0 Å². The van der Waals surface area contributed by atoms with Crippen molar-refractivity contribution in [3.8, 4) is 5.75 Å². The zero-order valence-electron chi connectivity index (χ0n) is 18.7. The number of sulfonamides is 1. The molecule has 6 nitrogen and oxygen atoms in total. The van der Waals surface area contributed by atoms with Crippen LogP contribution >= 0.6 is 0 Å². The fourth-order valence-corrected chi connectivity index (χ4v) is 5.00. The van der Waals surface area contributed by atoms with Crippen LogP contribution in [0.5, 0.6) is 5.75 Å². The number of carbonyl (C=O) groups excluding carboxylic acids is 1. The Morgan fingerprint density at radius 2 is 1.74 bits per heavy atom. The Labute approximate surface area is 185 Å². The van der Waals surface area contributed by atoms with Gasteiger partial charge in [-0.3, -0.25) is 4.79 Å². The van der Waals surface area contributed by atoms with Crippen molar-refractivity contribution in [2.45, 2.75) is 63.5 Å². The summed E-state index contributed by atoms with van der Waals surface area (Å²) in [6.07, 6.45) is 1.17. The highest BCUT2D eigenvalue weighted by molar-refractivity contribution is 7.89. The van der Waals surface area contributed by atoms with Crippen LogP contribution in [0, 0.1) is 0 Å². The van der Waals surface area contributed by atoms with Crippen LogP contribution in [-0.2, 0) is 26.8 Å². The van der Waals surface area contributed by atoms with Crippen LogP contribution in [0.1, 0.15) is 51.7 Å². The Balaban J connectivity index is 1.55. The number of ether oxygens (including phenoxy) is 1. The average Bonchev–Trinajstić information content (AvgIpc) is 3.28. The maximum atomic E-state index is 12.6. The van der Waals surface area contributed by atoms with Crippen LogP contribution in [0.4, 0.5) is 0 Å². The third-order valence-corrected chi connectivity index (χ3v) is 7.39. The summed E-state index contributed by atoms with van der Waals surface area (Å²) in [5.74, 6) is 0.432. The van der Waals surface area contributed by atoms with Gasteiger partial charge < -0.3 is 10.1 Å². The van der Waals surface area contributed by atoms with Gasteiger partial charge in [0.05, 0.1) is 4.90 Å². The molecule has 1 aliphatic heterocycles. The number of nitrogens with zero attached hydrogens (tertiary/aromatic N) is 1. The van der Waals surface area contributed by atoms with E-state index in [1.165, 1.54) is 4.31 Å². The molecule has 1 heterocycles. The van der Waals surface area contributed by atoms with E-state index in [0.717, 1.165) is 24.0 Å². The Bertz CT molecular complexity index is 1000. The highest BCUT2D eigenvalue weighted by Crippen LogP contribution is 2.26. The molecular weight excluding hydrogens is 412 g/mol. The van der Waals surface area contributed by atoms with Gasteiger partial charge in [-0.15, -0.1) is 0 Å². The van der Waals surface area contributed by atoms with E-state index in [4.69, 9.17) is 4.74 Å². The van der Waals surface area contributed by atoms with E-state index >= 15 is 0 Å². The first-order chi connectivity index (χ1) is 14.6. The van der Waals surface area contributed by atoms with Crippen LogP contribution in [0.15, 0.2) is 53.4 Å². The molecule has 1 atom stereocenters. The van der Waals surface area contributed by atoms with E-state index in [1.807, 2.05) is 24.3 Å². The van der Waals surface area contributed by atoms with E-state index in [-0.39, 0.29) is 11.3 Å². The van der Waals surface area contributed by atoms with Crippen molar-refractivity contribution in [3.63, 3.8) is 0 Å². The molecule has 3 rings (SSSR count). The Hall–Kier alpha value is -2.38. The number of carbonyl (C=O) groups is 1. The van der Waals surface area contributed by atoms with Crippen molar-refractivity contribution in [2.75, 3.05) is 13.1 Å². The first kappa shape index (κ1) is 23.3. The van der Waals surface area contributed by atoms with Gasteiger partial charge in [0.15, 0.2) is 6.10 Å². The van der Waals surface area contributed by atoms with Crippen molar-refractivity contribution >= 4 is 15.9 Å². The van der Waals surface area contributed by atoms with E-state index in [9.17, 15) is 13.2 Å². The smallest absolute Gasteiger partial charge is 0.261 e. The van der Waals surface area contributed by atoms with Crippen LogP contribution < -0.4 is 10.1 Å². The summed E-state index contributed by atoms with van der Waals surface area (Å²) < 4.78 is 32.6. The van der Waals surface area contributed by atoms with Gasteiger partial charge in [-0.25, -0.2) is 8.42 Å². The van der Waals surface area contributed by atoms with Crippen molar-refractivity contribution in [3.05, 3.63) is 59.7 Å². The minimum absolute atomic E-state index is 0.000708. The SMILES string of the molecule is CC(Oc1cccc(C(C)(C)C)c1)C(=O)NCc1ccc(S(=O)(=O)N2CCCC2)cc1. The first-order valence-corrected chi connectivity index (χ1v) is 12.2. The molecule has 0 aromatic heterocycles. The van der Waals surface area contributed by atoms with Crippen molar-refractivity contribution < 1.29 is 17.9 Å². The molecule has 168 valence electrons. The van der Waals surface area contributed by atoms with Gasteiger partial charge in [0, 0.05) is 19.6 Å². The maximum Gasteiger partial charge on any atom is 0.261 e. The number of nitrogens with one attached hydrogen (secondary N) is 1. The van der Waals surface area contributed by atoms with Gasteiger partial charge in [0.1, 0.15) is 5.75 Å². The maximum absolute atomic E-state index is 12.6. The third-order valence-electron chi connectivity index (χ3n) is 5.48. The standard InChI is InChI=1S/C24H32N2O4S/c1-18(30-21-9-7-8-20(16-21)24(2,3)4)23(27)25-17-19-10-12-22(13-11-19)31(28,29)26-14-5-6-15-26/h7-13,16,18H,5-6,14-15,17H2,1-4H3,(H,25,27). The monoisotopic (exact) mass is 444 g/mol. The van der Waals surface area contributed by atoms with Gasteiger partial charge in [-0.2, -0.15) is 4.31 Å². The van der Waals surface area contributed by atoms with E-state index < -0.39 is 16.1 Å². The van der Waals surface area contributed by atoms with Gasteiger partial charge in [0.2, 0.25) is 10.0 Å². The zero-order chi connectivity index (χ0) is 22.6. The summed E-state index contributed by atoms with van der Waals surface area (Å²) in [6, 6.07) is 14.5. The van der Waals surface area contributed by atoms with Gasteiger partial charge >= 0.3 is 0 Å². The fourth-order valence-electron chi connectivity index (χ4n) is 3.48. The number of rotatable bonds is 7. The predicted molar refractivity (Wildman–Crippen MR) is 122 cm³/mol. The molecule has 0 aliphatic carbocycles. The first-order valence-electron chi connectivity index (χ1n) is 10.7. The molecule has 2 aromatic carbocycles. The van der Waals surface area contributed by atoms with E-state index in [2.05, 4.69) is 26.1 Å². The lowest BCUT2D eigenvalue weighted by molar-refractivity contribution is -0.127. The molecule has 0 bridgehead atoms. The molecule has 31 heavy (non-hydrogen) atoms. The summed E-state index contributed by atoms with van der Waals surface area (Å²) in [7, 11) is -3.42. The second kappa shape index (κ2) is 9.40. The molecule has 7 heteroatoms.